The van der Waals surface area contributed by atoms with Gasteiger partial charge < -0.3 is 15.1 Å². The number of aryl methyl sites for hydroxylation is 1. The quantitative estimate of drug-likeness (QED) is 0.806. The minimum atomic E-state index is -0.219. The Bertz CT molecular complexity index is 982. The number of nitrogens with zero attached hydrogens (tertiary/aromatic N) is 3. The molecule has 0 atom stereocenters. The normalized spacial score (nSPS) is 16.6. The fourth-order valence-corrected chi connectivity index (χ4v) is 4.19. The summed E-state index contributed by atoms with van der Waals surface area (Å²) >= 11 is 0. The maximum Gasteiger partial charge on any atom is 0.244 e. The molecular weight excluding hydrogens is 392 g/mol. The standard InChI is InChI=1S/C24H28N4O3/c1-18-5-4-6-19(15-18)16-26-11-13-27(14-12-26)23(30)9-10-24(31)28-17-22(29)25-20-7-2-3-8-21(20)28/h2-8,15H,9-14,16-17H2,1H3,(H,25,29). The van der Waals surface area contributed by atoms with E-state index in [9.17, 15) is 14.4 Å². The molecule has 0 spiro atoms. The summed E-state index contributed by atoms with van der Waals surface area (Å²) in [7, 11) is 0. The smallest absolute Gasteiger partial charge is 0.244 e. The van der Waals surface area contributed by atoms with E-state index in [0.717, 1.165) is 19.6 Å². The van der Waals surface area contributed by atoms with Crippen molar-refractivity contribution in [1.82, 2.24) is 9.80 Å². The first kappa shape index (κ1) is 21.1. The molecule has 0 aromatic heterocycles. The highest BCUT2D eigenvalue weighted by Crippen LogP contribution is 2.29. The molecule has 162 valence electrons. The van der Waals surface area contributed by atoms with Crippen LogP contribution in [0.5, 0.6) is 0 Å². The van der Waals surface area contributed by atoms with Crippen LogP contribution in [0, 0.1) is 6.92 Å². The number of piperazine rings is 1. The molecule has 3 amide bonds. The number of carbonyl (C=O) groups is 3. The molecule has 0 saturated carbocycles. The fraction of sp³-hybridized carbons (Fsp3) is 0.375. The van der Waals surface area contributed by atoms with Crippen molar-refractivity contribution >= 4 is 29.1 Å². The van der Waals surface area contributed by atoms with Gasteiger partial charge in [-0.2, -0.15) is 0 Å². The maximum atomic E-state index is 12.7. The number of nitrogens with one attached hydrogen (secondary N) is 1. The summed E-state index contributed by atoms with van der Waals surface area (Å²) < 4.78 is 0. The van der Waals surface area contributed by atoms with E-state index in [0.29, 0.717) is 24.5 Å². The predicted molar refractivity (Wildman–Crippen MR) is 120 cm³/mol. The summed E-state index contributed by atoms with van der Waals surface area (Å²) in [6.45, 7) is 5.97. The molecule has 2 aliphatic heterocycles. The van der Waals surface area contributed by atoms with Gasteiger partial charge in [0.15, 0.2) is 0 Å². The number of hydrogen-bond donors (Lipinski definition) is 1. The van der Waals surface area contributed by atoms with Gasteiger partial charge in [-0.15, -0.1) is 0 Å². The van der Waals surface area contributed by atoms with Gasteiger partial charge >= 0.3 is 0 Å². The third-order valence-corrected chi connectivity index (χ3v) is 5.84. The Hall–Kier alpha value is -3.19. The molecule has 1 saturated heterocycles. The monoisotopic (exact) mass is 420 g/mol. The lowest BCUT2D eigenvalue weighted by Crippen LogP contribution is -2.48. The molecule has 1 N–H and O–H groups in total. The first-order valence-corrected chi connectivity index (χ1v) is 10.7. The number of amides is 3. The topological polar surface area (TPSA) is 73.0 Å². The Kier molecular flexibility index (Phi) is 6.32. The van der Waals surface area contributed by atoms with Crippen LogP contribution >= 0.6 is 0 Å². The van der Waals surface area contributed by atoms with Gasteiger partial charge in [0.1, 0.15) is 6.54 Å². The molecule has 4 rings (SSSR count). The van der Waals surface area contributed by atoms with E-state index in [1.807, 2.05) is 23.1 Å². The molecule has 0 bridgehead atoms. The van der Waals surface area contributed by atoms with Gasteiger partial charge in [-0.1, -0.05) is 42.0 Å². The van der Waals surface area contributed by atoms with E-state index in [-0.39, 0.29) is 37.1 Å². The molecule has 2 heterocycles. The average Bonchev–Trinajstić information content (AvgIpc) is 2.77. The third-order valence-electron chi connectivity index (χ3n) is 5.84. The number of para-hydroxylation sites is 2. The van der Waals surface area contributed by atoms with Gasteiger partial charge in [-0.3, -0.25) is 19.3 Å². The summed E-state index contributed by atoms with van der Waals surface area (Å²) in [5.74, 6) is -0.421. The largest absolute Gasteiger partial charge is 0.340 e. The zero-order valence-corrected chi connectivity index (χ0v) is 17.8. The van der Waals surface area contributed by atoms with Crippen molar-refractivity contribution in [3.63, 3.8) is 0 Å². The predicted octanol–water partition coefficient (Wildman–Crippen LogP) is 2.40. The van der Waals surface area contributed by atoms with E-state index >= 15 is 0 Å². The lowest BCUT2D eigenvalue weighted by atomic mass is 10.1. The molecule has 7 heteroatoms. The zero-order chi connectivity index (χ0) is 21.8. The summed E-state index contributed by atoms with van der Waals surface area (Å²) in [4.78, 5) is 43.0. The first-order chi connectivity index (χ1) is 15.0. The van der Waals surface area contributed by atoms with Crippen molar-refractivity contribution in [3.05, 3.63) is 59.7 Å². The van der Waals surface area contributed by atoms with Crippen molar-refractivity contribution in [3.8, 4) is 0 Å². The molecule has 2 aromatic carbocycles. The number of anilines is 2. The summed E-state index contributed by atoms with van der Waals surface area (Å²) in [6, 6.07) is 15.7. The Morgan fingerprint density at radius 2 is 1.68 bits per heavy atom. The maximum absolute atomic E-state index is 12.7. The molecule has 7 nitrogen and oxygen atoms in total. The second-order valence-electron chi connectivity index (χ2n) is 8.19. The van der Waals surface area contributed by atoms with Gasteiger partial charge in [0.2, 0.25) is 17.7 Å². The van der Waals surface area contributed by atoms with Crippen LogP contribution in [-0.4, -0.2) is 60.2 Å². The highest BCUT2D eigenvalue weighted by Gasteiger charge is 2.28. The van der Waals surface area contributed by atoms with Gasteiger partial charge in [0.05, 0.1) is 11.4 Å². The van der Waals surface area contributed by atoms with Crippen LogP contribution < -0.4 is 10.2 Å². The number of carbonyl (C=O) groups excluding carboxylic acids is 3. The van der Waals surface area contributed by atoms with Crippen LogP contribution in [-0.2, 0) is 20.9 Å². The SMILES string of the molecule is Cc1cccc(CN2CCN(C(=O)CCC(=O)N3CC(=O)Nc4ccccc43)CC2)c1. The molecule has 2 aromatic rings. The van der Waals surface area contributed by atoms with Crippen LogP contribution in [0.15, 0.2) is 48.5 Å². The van der Waals surface area contributed by atoms with Crippen molar-refractivity contribution < 1.29 is 14.4 Å². The molecule has 0 radical (unpaired) electrons. The average molecular weight is 421 g/mol. The number of benzene rings is 2. The molecule has 2 aliphatic rings. The van der Waals surface area contributed by atoms with E-state index < -0.39 is 0 Å². The van der Waals surface area contributed by atoms with Crippen LogP contribution in [0.4, 0.5) is 11.4 Å². The number of rotatable bonds is 5. The minimum Gasteiger partial charge on any atom is -0.340 e. The van der Waals surface area contributed by atoms with Gasteiger partial charge in [-0.05, 0) is 24.6 Å². The molecular formula is C24H28N4O3. The van der Waals surface area contributed by atoms with E-state index in [1.54, 1.807) is 6.07 Å². The van der Waals surface area contributed by atoms with Crippen molar-refractivity contribution in [2.45, 2.75) is 26.3 Å². The highest BCUT2D eigenvalue weighted by atomic mass is 16.2. The van der Waals surface area contributed by atoms with Crippen molar-refractivity contribution in [2.24, 2.45) is 0 Å². The Morgan fingerprint density at radius 1 is 0.935 bits per heavy atom. The lowest BCUT2D eigenvalue weighted by Gasteiger charge is -2.35. The van der Waals surface area contributed by atoms with Gasteiger partial charge in [0.25, 0.3) is 0 Å². The van der Waals surface area contributed by atoms with E-state index in [1.165, 1.54) is 16.0 Å². The van der Waals surface area contributed by atoms with Crippen LogP contribution in [0.25, 0.3) is 0 Å². The Labute approximate surface area is 182 Å². The summed E-state index contributed by atoms with van der Waals surface area (Å²) in [5, 5.41) is 2.77. The summed E-state index contributed by atoms with van der Waals surface area (Å²) in [5.41, 5.74) is 3.86. The minimum absolute atomic E-state index is 0.00157. The van der Waals surface area contributed by atoms with Crippen molar-refractivity contribution in [1.29, 1.82) is 0 Å². The van der Waals surface area contributed by atoms with Gasteiger partial charge in [0, 0.05) is 45.6 Å². The molecule has 1 fully saturated rings. The number of fused-ring (bicyclic) bond motifs is 1. The summed E-state index contributed by atoms with van der Waals surface area (Å²) in [6.07, 6.45) is 0.265. The Balaban J connectivity index is 1.26. The van der Waals surface area contributed by atoms with Crippen molar-refractivity contribution in [2.75, 3.05) is 42.9 Å². The van der Waals surface area contributed by atoms with Crippen LogP contribution in [0.1, 0.15) is 24.0 Å². The third kappa shape index (κ3) is 5.11. The second kappa shape index (κ2) is 9.31. The molecule has 0 unspecified atom stereocenters. The second-order valence-corrected chi connectivity index (χ2v) is 8.19. The number of hydrogen-bond acceptors (Lipinski definition) is 4. The Morgan fingerprint density at radius 3 is 2.45 bits per heavy atom. The molecule has 0 aliphatic carbocycles. The van der Waals surface area contributed by atoms with Gasteiger partial charge in [-0.25, -0.2) is 0 Å². The first-order valence-electron chi connectivity index (χ1n) is 10.7. The van der Waals surface area contributed by atoms with Crippen LogP contribution in [0.3, 0.4) is 0 Å². The lowest BCUT2D eigenvalue weighted by molar-refractivity contribution is -0.134. The fourth-order valence-electron chi connectivity index (χ4n) is 4.19. The van der Waals surface area contributed by atoms with Crippen LogP contribution in [0.2, 0.25) is 0 Å². The van der Waals surface area contributed by atoms with E-state index in [4.69, 9.17) is 0 Å². The molecule has 31 heavy (non-hydrogen) atoms. The van der Waals surface area contributed by atoms with E-state index in [2.05, 4.69) is 41.4 Å². The highest BCUT2D eigenvalue weighted by molar-refractivity contribution is 6.10. The zero-order valence-electron chi connectivity index (χ0n) is 17.8.